The van der Waals surface area contributed by atoms with Crippen LogP contribution in [-0.2, 0) is 6.42 Å². The van der Waals surface area contributed by atoms with Gasteiger partial charge in [-0.25, -0.2) is 0 Å². The van der Waals surface area contributed by atoms with Gasteiger partial charge in [-0.2, -0.15) is 0 Å². The lowest BCUT2D eigenvalue weighted by molar-refractivity contribution is 0.282. The van der Waals surface area contributed by atoms with Crippen LogP contribution in [0.15, 0.2) is 16.9 Å². The Hall–Kier alpha value is -1.13. The largest absolute Gasteiger partial charge is 0.396 e. The highest BCUT2D eigenvalue weighted by Gasteiger charge is 2.19. The second-order valence-corrected chi connectivity index (χ2v) is 5.29. The third-order valence-corrected chi connectivity index (χ3v) is 3.81. The van der Waals surface area contributed by atoms with Gasteiger partial charge in [0.25, 0.3) is 0 Å². The molecule has 0 amide bonds. The number of aromatic nitrogens is 1. The van der Waals surface area contributed by atoms with Gasteiger partial charge in [0.15, 0.2) is 0 Å². The van der Waals surface area contributed by atoms with Crippen molar-refractivity contribution in [3.05, 3.63) is 33.7 Å². The van der Waals surface area contributed by atoms with Gasteiger partial charge in [-0.15, -0.1) is 0 Å². The predicted molar refractivity (Wildman–Crippen MR) is 76.3 cm³/mol. The molecule has 4 heteroatoms. The van der Waals surface area contributed by atoms with E-state index in [0.29, 0.717) is 12.6 Å². The summed E-state index contributed by atoms with van der Waals surface area (Å²) in [5.41, 5.74) is 2.38. The Balaban J connectivity index is 1.81. The molecule has 106 valence electrons. The van der Waals surface area contributed by atoms with Crippen LogP contribution in [0.2, 0.25) is 0 Å². The standard InChI is InChI=1S/C15H24N2O2/c18-11-4-2-1-3-10-16-13-6-5-7-14-12(13)8-9-15(19)17-14/h8-9,13,16,18H,1-7,10-11H2,(H,17,19). The van der Waals surface area contributed by atoms with Gasteiger partial charge in [0.2, 0.25) is 5.56 Å². The minimum Gasteiger partial charge on any atom is -0.396 e. The van der Waals surface area contributed by atoms with Gasteiger partial charge in [-0.1, -0.05) is 18.9 Å². The summed E-state index contributed by atoms with van der Waals surface area (Å²) in [5, 5.41) is 12.3. The van der Waals surface area contributed by atoms with E-state index in [4.69, 9.17) is 5.11 Å². The highest BCUT2D eigenvalue weighted by molar-refractivity contribution is 5.26. The zero-order valence-corrected chi connectivity index (χ0v) is 11.5. The number of unbranched alkanes of at least 4 members (excludes halogenated alkanes) is 3. The third kappa shape index (κ3) is 4.18. The van der Waals surface area contributed by atoms with Gasteiger partial charge in [-0.3, -0.25) is 4.79 Å². The van der Waals surface area contributed by atoms with E-state index in [-0.39, 0.29) is 5.56 Å². The number of hydrogen-bond donors (Lipinski definition) is 3. The molecule has 1 aromatic rings. The number of pyridine rings is 1. The molecule has 1 aliphatic carbocycles. The van der Waals surface area contributed by atoms with Gasteiger partial charge in [0, 0.05) is 24.4 Å². The first-order chi connectivity index (χ1) is 9.31. The summed E-state index contributed by atoms with van der Waals surface area (Å²) in [6.07, 6.45) is 7.60. The Morgan fingerprint density at radius 2 is 2.11 bits per heavy atom. The summed E-state index contributed by atoms with van der Waals surface area (Å²) in [6.45, 7) is 1.31. The van der Waals surface area contributed by atoms with Crippen molar-refractivity contribution in [1.29, 1.82) is 0 Å². The normalized spacial score (nSPS) is 18.3. The SMILES string of the molecule is O=c1ccc2c([nH]1)CCCC2NCCCCCCO. The number of aryl methyl sites for hydroxylation is 1. The Morgan fingerprint density at radius 3 is 2.95 bits per heavy atom. The number of aliphatic hydroxyl groups is 1. The van der Waals surface area contributed by atoms with Crippen molar-refractivity contribution in [2.24, 2.45) is 0 Å². The summed E-state index contributed by atoms with van der Waals surface area (Å²) in [6, 6.07) is 3.98. The molecular formula is C15H24N2O2. The molecule has 4 nitrogen and oxygen atoms in total. The minimum absolute atomic E-state index is 0.00315. The summed E-state index contributed by atoms with van der Waals surface area (Å²) >= 11 is 0. The van der Waals surface area contributed by atoms with E-state index in [2.05, 4.69) is 10.3 Å². The van der Waals surface area contributed by atoms with Crippen LogP contribution in [0.25, 0.3) is 0 Å². The Kier molecular flexibility index (Phi) is 5.61. The maximum Gasteiger partial charge on any atom is 0.248 e. The molecule has 1 unspecified atom stereocenters. The van der Waals surface area contributed by atoms with E-state index >= 15 is 0 Å². The first kappa shape index (κ1) is 14.3. The van der Waals surface area contributed by atoms with Crippen molar-refractivity contribution in [2.45, 2.75) is 51.0 Å². The molecule has 2 rings (SSSR count). The lowest BCUT2D eigenvalue weighted by atomic mass is 9.91. The van der Waals surface area contributed by atoms with E-state index < -0.39 is 0 Å². The third-order valence-electron chi connectivity index (χ3n) is 3.81. The number of rotatable bonds is 7. The van der Waals surface area contributed by atoms with Crippen molar-refractivity contribution >= 4 is 0 Å². The van der Waals surface area contributed by atoms with Crippen LogP contribution in [0.3, 0.4) is 0 Å². The van der Waals surface area contributed by atoms with Crippen molar-refractivity contribution in [2.75, 3.05) is 13.2 Å². The van der Waals surface area contributed by atoms with E-state index in [1.807, 2.05) is 6.07 Å². The molecule has 0 spiro atoms. The van der Waals surface area contributed by atoms with Crippen molar-refractivity contribution < 1.29 is 5.11 Å². The molecule has 3 N–H and O–H groups in total. The fourth-order valence-corrected chi connectivity index (χ4v) is 2.78. The van der Waals surface area contributed by atoms with Gasteiger partial charge in [0.05, 0.1) is 0 Å². The Morgan fingerprint density at radius 1 is 1.26 bits per heavy atom. The summed E-state index contributed by atoms with van der Waals surface area (Å²) in [7, 11) is 0. The highest BCUT2D eigenvalue weighted by atomic mass is 16.2. The lowest BCUT2D eigenvalue weighted by Crippen LogP contribution is -2.28. The van der Waals surface area contributed by atoms with Crippen molar-refractivity contribution in [3.8, 4) is 0 Å². The lowest BCUT2D eigenvalue weighted by Gasteiger charge is -2.26. The topological polar surface area (TPSA) is 65.1 Å². The second-order valence-electron chi connectivity index (χ2n) is 5.29. The molecule has 1 heterocycles. The molecule has 0 fully saturated rings. The summed E-state index contributed by atoms with van der Waals surface area (Å²) in [5.74, 6) is 0. The molecule has 0 saturated carbocycles. The number of aromatic amines is 1. The zero-order chi connectivity index (χ0) is 13.5. The van der Waals surface area contributed by atoms with Gasteiger partial charge >= 0.3 is 0 Å². The monoisotopic (exact) mass is 264 g/mol. The van der Waals surface area contributed by atoms with E-state index in [1.54, 1.807) is 6.07 Å². The maximum absolute atomic E-state index is 11.3. The first-order valence-corrected chi connectivity index (χ1v) is 7.37. The fraction of sp³-hybridized carbons (Fsp3) is 0.667. The van der Waals surface area contributed by atoms with E-state index in [0.717, 1.165) is 50.8 Å². The second kappa shape index (κ2) is 7.46. The van der Waals surface area contributed by atoms with Crippen LogP contribution >= 0.6 is 0 Å². The van der Waals surface area contributed by atoms with Crippen LogP contribution in [0.5, 0.6) is 0 Å². The Labute approximate surface area is 114 Å². The molecule has 0 saturated heterocycles. The quantitative estimate of drug-likeness (QED) is 0.659. The molecular weight excluding hydrogens is 240 g/mol. The minimum atomic E-state index is 0.00315. The van der Waals surface area contributed by atoms with Gasteiger partial charge < -0.3 is 15.4 Å². The molecule has 0 aromatic carbocycles. The van der Waals surface area contributed by atoms with Crippen molar-refractivity contribution in [3.63, 3.8) is 0 Å². The average molecular weight is 264 g/mol. The number of hydrogen-bond acceptors (Lipinski definition) is 3. The molecule has 0 bridgehead atoms. The maximum atomic E-state index is 11.3. The highest BCUT2D eigenvalue weighted by Crippen LogP contribution is 2.27. The van der Waals surface area contributed by atoms with Crippen LogP contribution in [0.4, 0.5) is 0 Å². The first-order valence-electron chi connectivity index (χ1n) is 7.37. The van der Waals surface area contributed by atoms with Crippen LogP contribution < -0.4 is 10.9 Å². The van der Waals surface area contributed by atoms with Gasteiger partial charge in [-0.05, 0) is 44.2 Å². The summed E-state index contributed by atoms with van der Waals surface area (Å²) < 4.78 is 0. The van der Waals surface area contributed by atoms with E-state index in [1.165, 1.54) is 12.0 Å². The molecule has 0 radical (unpaired) electrons. The fourth-order valence-electron chi connectivity index (χ4n) is 2.78. The van der Waals surface area contributed by atoms with E-state index in [9.17, 15) is 4.79 Å². The molecule has 1 aliphatic rings. The van der Waals surface area contributed by atoms with Crippen molar-refractivity contribution in [1.82, 2.24) is 10.3 Å². The number of H-pyrrole nitrogens is 1. The van der Waals surface area contributed by atoms with Gasteiger partial charge in [0.1, 0.15) is 0 Å². The average Bonchev–Trinajstić information content (AvgIpc) is 2.42. The smallest absolute Gasteiger partial charge is 0.248 e. The number of fused-ring (bicyclic) bond motifs is 1. The molecule has 0 aliphatic heterocycles. The Bertz CT molecular complexity index is 442. The molecule has 1 aromatic heterocycles. The van der Waals surface area contributed by atoms with Crippen LogP contribution in [0, 0.1) is 0 Å². The van der Waals surface area contributed by atoms with Crippen LogP contribution in [0.1, 0.15) is 55.8 Å². The van der Waals surface area contributed by atoms with Crippen LogP contribution in [-0.4, -0.2) is 23.2 Å². The zero-order valence-electron chi connectivity index (χ0n) is 11.5. The molecule has 1 atom stereocenters. The molecule has 19 heavy (non-hydrogen) atoms. The number of nitrogens with one attached hydrogen (secondary N) is 2. The number of aliphatic hydroxyl groups excluding tert-OH is 1. The predicted octanol–water partition coefficient (Wildman–Crippen LogP) is 1.89. The summed E-state index contributed by atoms with van der Waals surface area (Å²) in [4.78, 5) is 14.3.